The van der Waals surface area contributed by atoms with Gasteiger partial charge in [0.05, 0.1) is 0 Å². The molecule has 20 heavy (non-hydrogen) atoms. The summed E-state index contributed by atoms with van der Waals surface area (Å²) in [5.41, 5.74) is 0.468. The summed E-state index contributed by atoms with van der Waals surface area (Å²) in [7, 11) is 0. The minimum atomic E-state index is -0.0602. The highest BCUT2D eigenvalue weighted by Crippen LogP contribution is 2.23. The topological polar surface area (TPSA) is 65.5 Å². The third kappa shape index (κ3) is 2.89. The van der Waals surface area contributed by atoms with Gasteiger partial charge < -0.3 is 15.1 Å². The summed E-state index contributed by atoms with van der Waals surface area (Å²) in [6.45, 7) is 2.32. The molecule has 1 saturated carbocycles. The molecule has 0 bridgehead atoms. The van der Waals surface area contributed by atoms with Crippen LogP contribution in [-0.4, -0.2) is 59.3 Å². The number of hydrogen-bond donors (Lipinski definition) is 1. The van der Waals surface area contributed by atoms with Crippen molar-refractivity contribution in [2.45, 2.75) is 18.9 Å². The van der Waals surface area contributed by atoms with Crippen LogP contribution >= 0.6 is 0 Å². The highest BCUT2D eigenvalue weighted by molar-refractivity contribution is 5.92. The van der Waals surface area contributed by atoms with Gasteiger partial charge in [-0.05, 0) is 25.0 Å². The number of carbonyl (C=O) groups excluding carboxylic acids is 2. The van der Waals surface area contributed by atoms with Crippen LogP contribution in [0, 0.1) is 0 Å². The minimum absolute atomic E-state index is 0.0602. The first-order valence-corrected chi connectivity index (χ1v) is 6.98. The molecule has 0 spiro atoms. The van der Waals surface area contributed by atoms with Gasteiger partial charge >= 0.3 is 0 Å². The Kier molecular flexibility index (Phi) is 3.54. The van der Waals surface area contributed by atoms with Gasteiger partial charge in [0.2, 0.25) is 6.41 Å². The second-order valence-corrected chi connectivity index (χ2v) is 5.26. The third-order valence-corrected chi connectivity index (χ3v) is 3.65. The van der Waals surface area contributed by atoms with Crippen LogP contribution in [-0.2, 0) is 4.79 Å². The van der Waals surface area contributed by atoms with Crippen molar-refractivity contribution in [3.63, 3.8) is 0 Å². The molecule has 106 valence electrons. The molecule has 0 radical (unpaired) electrons. The lowest BCUT2D eigenvalue weighted by Crippen LogP contribution is -2.48. The summed E-state index contributed by atoms with van der Waals surface area (Å²) in [4.78, 5) is 30.9. The Bertz CT molecular complexity index is 508. The van der Waals surface area contributed by atoms with Crippen molar-refractivity contribution in [3.8, 4) is 0 Å². The molecule has 2 heterocycles. The SMILES string of the molecule is O=CN1CCN(C(=O)c2cccc(NC3CC3)n2)CC1. The Labute approximate surface area is 117 Å². The first-order chi connectivity index (χ1) is 9.76. The molecular weight excluding hydrogens is 256 g/mol. The van der Waals surface area contributed by atoms with E-state index in [0.29, 0.717) is 37.9 Å². The molecule has 6 nitrogen and oxygen atoms in total. The zero-order valence-corrected chi connectivity index (χ0v) is 11.3. The van der Waals surface area contributed by atoms with Gasteiger partial charge in [-0.25, -0.2) is 4.98 Å². The van der Waals surface area contributed by atoms with Crippen LogP contribution in [0.4, 0.5) is 5.82 Å². The molecule has 1 aromatic rings. The molecule has 1 N–H and O–H groups in total. The van der Waals surface area contributed by atoms with Crippen molar-refractivity contribution >= 4 is 18.1 Å². The van der Waals surface area contributed by atoms with E-state index in [1.165, 1.54) is 12.8 Å². The van der Waals surface area contributed by atoms with Crippen LogP contribution in [0.2, 0.25) is 0 Å². The van der Waals surface area contributed by atoms with Crippen molar-refractivity contribution in [1.29, 1.82) is 0 Å². The van der Waals surface area contributed by atoms with Crippen molar-refractivity contribution < 1.29 is 9.59 Å². The zero-order chi connectivity index (χ0) is 13.9. The van der Waals surface area contributed by atoms with Crippen LogP contribution in [0.1, 0.15) is 23.3 Å². The van der Waals surface area contributed by atoms with Crippen LogP contribution in [0.25, 0.3) is 0 Å². The molecule has 1 aliphatic carbocycles. The molecule has 3 rings (SSSR count). The number of aromatic nitrogens is 1. The van der Waals surface area contributed by atoms with Crippen molar-refractivity contribution in [2.75, 3.05) is 31.5 Å². The van der Waals surface area contributed by atoms with E-state index in [1.807, 2.05) is 12.1 Å². The summed E-state index contributed by atoms with van der Waals surface area (Å²) >= 11 is 0. The van der Waals surface area contributed by atoms with E-state index in [1.54, 1.807) is 15.9 Å². The second-order valence-electron chi connectivity index (χ2n) is 5.26. The summed E-state index contributed by atoms with van der Waals surface area (Å²) in [5.74, 6) is 0.708. The number of piperazine rings is 1. The first-order valence-electron chi connectivity index (χ1n) is 6.98. The first kappa shape index (κ1) is 12.9. The van der Waals surface area contributed by atoms with Gasteiger partial charge in [-0.1, -0.05) is 6.07 Å². The zero-order valence-electron chi connectivity index (χ0n) is 11.3. The maximum atomic E-state index is 12.4. The fourth-order valence-corrected chi connectivity index (χ4v) is 2.26. The Morgan fingerprint density at radius 1 is 1.25 bits per heavy atom. The lowest BCUT2D eigenvalue weighted by Gasteiger charge is -2.32. The van der Waals surface area contributed by atoms with Crippen molar-refractivity contribution in [2.24, 2.45) is 0 Å². The van der Waals surface area contributed by atoms with Gasteiger partial charge in [-0.2, -0.15) is 0 Å². The number of anilines is 1. The number of pyridine rings is 1. The molecule has 0 aromatic carbocycles. The summed E-state index contributed by atoms with van der Waals surface area (Å²) in [6, 6.07) is 6.00. The quantitative estimate of drug-likeness (QED) is 0.815. The van der Waals surface area contributed by atoms with Crippen LogP contribution < -0.4 is 5.32 Å². The standard InChI is InChI=1S/C14H18N4O2/c19-10-17-6-8-18(9-7-17)14(20)12-2-1-3-13(16-12)15-11-4-5-11/h1-3,10-11H,4-9H2,(H,15,16). The maximum Gasteiger partial charge on any atom is 0.272 e. The molecule has 2 aliphatic rings. The monoisotopic (exact) mass is 274 g/mol. The smallest absolute Gasteiger partial charge is 0.272 e. The molecule has 0 atom stereocenters. The van der Waals surface area contributed by atoms with Crippen LogP contribution in [0.3, 0.4) is 0 Å². The number of carbonyl (C=O) groups is 2. The largest absolute Gasteiger partial charge is 0.367 e. The van der Waals surface area contributed by atoms with Crippen LogP contribution in [0.15, 0.2) is 18.2 Å². The molecule has 1 saturated heterocycles. The van der Waals surface area contributed by atoms with E-state index >= 15 is 0 Å². The van der Waals surface area contributed by atoms with Gasteiger partial charge in [0.25, 0.3) is 5.91 Å². The average molecular weight is 274 g/mol. The third-order valence-electron chi connectivity index (χ3n) is 3.65. The second kappa shape index (κ2) is 5.48. The Morgan fingerprint density at radius 3 is 2.65 bits per heavy atom. The number of rotatable bonds is 4. The number of amides is 2. The van der Waals surface area contributed by atoms with E-state index in [9.17, 15) is 9.59 Å². The number of hydrogen-bond acceptors (Lipinski definition) is 4. The highest BCUT2D eigenvalue weighted by Gasteiger charge is 2.24. The van der Waals surface area contributed by atoms with Crippen molar-refractivity contribution in [3.05, 3.63) is 23.9 Å². The van der Waals surface area contributed by atoms with Gasteiger partial charge in [-0.15, -0.1) is 0 Å². The minimum Gasteiger partial charge on any atom is -0.367 e. The fraction of sp³-hybridized carbons (Fsp3) is 0.500. The fourth-order valence-electron chi connectivity index (χ4n) is 2.26. The Balaban J connectivity index is 1.65. The van der Waals surface area contributed by atoms with Gasteiger partial charge in [0.1, 0.15) is 11.5 Å². The normalized spacial score (nSPS) is 18.8. The maximum absolute atomic E-state index is 12.4. The average Bonchev–Trinajstić information content (AvgIpc) is 3.31. The Hall–Kier alpha value is -2.11. The van der Waals surface area contributed by atoms with Gasteiger partial charge in [-0.3, -0.25) is 9.59 Å². The van der Waals surface area contributed by atoms with E-state index in [4.69, 9.17) is 0 Å². The molecule has 1 aromatic heterocycles. The summed E-state index contributed by atoms with van der Waals surface area (Å²) in [5, 5.41) is 3.29. The molecule has 1 aliphatic heterocycles. The van der Waals surface area contributed by atoms with Gasteiger partial charge in [0.15, 0.2) is 0 Å². The van der Waals surface area contributed by atoms with E-state index in [0.717, 1.165) is 12.2 Å². The predicted molar refractivity (Wildman–Crippen MR) is 74.4 cm³/mol. The number of nitrogens with zero attached hydrogens (tertiary/aromatic N) is 3. The van der Waals surface area contributed by atoms with Gasteiger partial charge in [0, 0.05) is 32.2 Å². The Morgan fingerprint density at radius 2 is 2.00 bits per heavy atom. The highest BCUT2D eigenvalue weighted by atomic mass is 16.2. The summed E-state index contributed by atoms with van der Waals surface area (Å²) in [6.07, 6.45) is 3.18. The number of nitrogens with one attached hydrogen (secondary N) is 1. The lowest BCUT2D eigenvalue weighted by atomic mass is 10.2. The lowest BCUT2D eigenvalue weighted by molar-refractivity contribution is -0.119. The predicted octanol–water partition coefficient (Wildman–Crippen LogP) is 0.570. The van der Waals surface area contributed by atoms with Crippen molar-refractivity contribution in [1.82, 2.24) is 14.8 Å². The van der Waals surface area contributed by atoms with E-state index in [2.05, 4.69) is 10.3 Å². The van der Waals surface area contributed by atoms with E-state index < -0.39 is 0 Å². The molecule has 6 heteroatoms. The van der Waals surface area contributed by atoms with E-state index in [-0.39, 0.29) is 5.91 Å². The molecule has 0 unspecified atom stereocenters. The summed E-state index contributed by atoms with van der Waals surface area (Å²) < 4.78 is 0. The molecule has 2 amide bonds. The molecule has 2 fully saturated rings. The molecular formula is C14H18N4O2. The van der Waals surface area contributed by atoms with Crippen LogP contribution in [0.5, 0.6) is 0 Å².